The van der Waals surface area contributed by atoms with Crippen LogP contribution in [-0.4, -0.2) is 19.0 Å². The highest BCUT2D eigenvalue weighted by Crippen LogP contribution is 2.05. The van der Waals surface area contributed by atoms with Crippen LogP contribution >= 0.6 is 0 Å². The summed E-state index contributed by atoms with van der Waals surface area (Å²) in [6, 6.07) is 0. The maximum atomic E-state index is 2.25. The highest BCUT2D eigenvalue weighted by Gasteiger charge is 1.94. The van der Waals surface area contributed by atoms with Crippen LogP contribution < -0.4 is 0 Å². The van der Waals surface area contributed by atoms with Crippen molar-refractivity contribution in [2.75, 3.05) is 14.1 Å². The van der Waals surface area contributed by atoms with Crippen molar-refractivity contribution in [1.82, 2.24) is 4.90 Å². The first-order chi connectivity index (χ1) is 5.07. The van der Waals surface area contributed by atoms with E-state index < -0.39 is 0 Å². The first kappa shape index (κ1) is 10.3. The van der Waals surface area contributed by atoms with Gasteiger partial charge < -0.3 is 4.90 Å². The highest BCUT2D eigenvalue weighted by atomic mass is 15.1. The van der Waals surface area contributed by atoms with E-state index >= 15 is 0 Å². The molecular weight excluding hydrogens is 134 g/mol. The van der Waals surface area contributed by atoms with Crippen LogP contribution in [0.2, 0.25) is 0 Å². The predicted molar refractivity (Wildman–Crippen MR) is 51.4 cm³/mol. The van der Waals surface area contributed by atoms with Crippen LogP contribution in [0.4, 0.5) is 0 Å². The molecule has 0 aliphatic carbocycles. The fourth-order valence-corrected chi connectivity index (χ4v) is 0.866. The molecule has 0 aromatic carbocycles. The smallest absolute Gasteiger partial charge is 0.0319 e. The molecule has 0 aromatic heterocycles. The monoisotopic (exact) mass is 153 g/mol. The summed E-state index contributed by atoms with van der Waals surface area (Å²) in [7, 11) is 4.13. The van der Waals surface area contributed by atoms with E-state index in [4.69, 9.17) is 0 Å². The summed E-state index contributed by atoms with van der Waals surface area (Å²) in [5.41, 5.74) is 1.28. The molecule has 0 bridgehead atoms. The molecule has 0 N–H and O–H groups in total. The lowest BCUT2D eigenvalue weighted by Gasteiger charge is -2.14. The minimum atomic E-state index is 0.614. The Morgan fingerprint density at radius 1 is 1.27 bits per heavy atom. The lowest BCUT2D eigenvalue weighted by Crippen LogP contribution is -2.09. The number of allylic oxidation sites excluding steroid dienone is 3. The van der Waals surface area contributed by atoms with Crippen LogP contribution in [0.5, 0.6) is 0 Å². The minimum Gasteiger partial charge on any atom is -0.378 e. The van der Waals surface area contributed by atoms with Gasteiger partial charge in [0.2, 0.25) is 0 Å². The van der Waals surface area contributed by atoms with Crippen LogP contribution in [0.25, 0.3) is 0 Å². The van der Waals surface area contributed by atoms with Gasteiger partial charge in [-0.3, -0.25) is 0 Å². The molecule has 0 aliphatic rings. The standard InChI is InChI=1S/C10H19N/c1-6-7-10(11(4)5)8-9(2)3/h6-9H,1-5H3/b7-6-,10-8+. The third kappa shape index (κ3) is 4.65. The average Bonchev–Trinajstić information content (AvgIpc) is 1.86. The summed E-state index contributed by atoms with van der Waals surface area (Å²) in [4.78, 5) is 2.12. The number of hydrogen-bond acceptors (Lipinski definition) is 1. The zero-order valence-electron chi connectivity index (χ0n) is 8.26. The summed E-state index contributed by atoms with van der Waals surface area (Å²) in [5.74, 6) is 0.614. The molecule has 0 amide bonds. The molecule has 0 atom stereocenters. The van der Waals surface area contributed by atoms with Gasteiger partial charge in [-0.15, -0.1) is 0 Å². The lowest BCUT2D eigenvalue weighted by atomic mass is 10.1. The summed E-state index contributed by atoms with van der Waals surface area (Å²) >= 11 is 0. The molecule has 0 unspecified atom stereocenters. The normalized spacial score (nSPS) is 13.1. The highest BCUT2D eigenvalue weighted by molar-refractivity contribution is 5.16. The van der Waals surface area contributed by atoms with E-state index in [1.807, 2.05) is 6.92 Å². The quantitative estimate of drug-likeness (QED) is 0.563. The molecule has 11 heavy (non-hydrogen) atoms. The third-order valence-electron chi connectivity index (χ3n) is 1.36. The van der Waals surface area contributed by atoms with Gasteiger partial charge in [-0.1, -0.05) is 26.0 Å². The van der Waals surface area contributed by atoms with Gasteiger partial charge in [0.25, 0.3) is 0 Å². The van der Waals surface area contributed by atoms with Gasteiger partial charge in [0.15, 0.2) is 0 Å². The van der Waals surface area contributed by atoms with Crippen molar-refractivity contribution in [1.29, 1.82) is 0 Å². The molecule has 0 heterocycles. The maximum absolute atomic E-state index is 2.25. The average molecular weight is 153 g/mol. The van der Waals surface area contributed by atoms with Gasteiger partial charge in [0.05, 0.1) is 0 Å². The van der Waals surface area contributed by atoms with E-state index in [9.17, 15) is 0 Å². The Morgan fingerprint density at radius 2 is 1.82 bits per heavy atom. The van der Waals surface area contributed by atoms with E-state index in [1.54, 1.807) is 0 Å². The molecule has 0 radical (unpaired) electrons. The van der Waals surface area contributed by atoms with Crippen molar-refractivity contribution in [2.45, 2.75) is 20.8 Å². The molecule has 0 spiro atoms. The van der Waals surface area contributed by atoms with Gasteiger partial charge in [0, 0.05) is 19.8 Å². The van der Waals surface area contributed by atoms with Crippen LogP contribution in [0.1, 0.15) is 20.8 Å². The van der Waals surface area contributed by atoms with E-state index in [0.717, 1.165) is 0 Å². The second-order valence-corrected chi connectivity index (χ2v) is 3.23. The summed E-state index contributed by atoms with van der Waals surface area (Å²) in [6.45, 7) is 6.41. The zero-order chi connectivity index (χ0) is 8.85. The topological polar surface area (TPSA) is 3.24 Å². The van der Waals surface area contributed by atoms with Crippen LogP contribution in [0.15, 0.2) is 23.9 Å². The van der Waals surface area contributed by atoms with Crippen molar-refractivity contribution in [2.24, 2.45) is 5.92 Å². The summed E-state index contributed by atoms with van der Waals surface area (Å²) in [6.07, 6.45) is 6.44. The Balaban J connectivity index is 4.33. The number of likely N-dealkylation sites (N-methyl/N-ethyl adjacent to an activating group) is 1. The Morgan fingerprint density at radius 3 is 2.09 bits per heavy atom. The van der Waals surface area contributed by atoms with Crippen molar-refractivity contribution < 1.29 is 0 Å². The molecule has 0 fully saturated rings. The van der Waals surface area contributed by atoms with Crippen molar-refractivity contribution >= 4 is 0 Å². The Labute approximate surface area is 70.4 Å². The van der Waals surface area contributed by atoms with E-state index in [0.29, 0.717) is 5.92 Å². The number of nitrogens with zero attached hydrogens (tertiary/aromatic N) is 1. The van der Waals surface area contributed by atoms with Gasteiger partial charge in [0.1, 0.15) is 0 Å². The molecule has 1 nitrogen and oxygen atoms in total. The van der Waals surface area contributed by atoms with Crippen LogP contribution in [0.3, 0.4) is 0 Å². The summed E-state index contributed by atoms with van der Waals surface area (Å²) < 4.78 is 0. The Bertz CT molecular complexity index is 152. The maximum Gasteiger partial charge on any atom is 0.0319 e. The van der Waals surface area contributed by atoms with E-state index in [2.05, 4.69) is 51.1 Å². The van der Waals surface area contributed by atoms with Crippen molar-refractivity contribution in [3.63, 3.8) is 0 Å². The Hall–Kier alpha value is -0.720. The van der Waals surface area contributed by atoms with Crippen molar-refractivity contribution in [3.05, 3.63) is 23.9 Å². The van der Waals surface area contributed by atoms with Gasteiger partial charge in [-0.25, -0.2) is 0 Å². The van der Waals surface area contributed by atoms with E-state index in [-0.39, 0.29) is 0 Å². The lowest BCUT2D eigenvalue weighted by molar-refractivity contribution is 0.522. The van der Waals surface area contributed by atoms with Crippen LogP contribution in [0, 0.1) is 5.92 Å². The largest absolute Gasteiger partial charge is 0.378 e. The molecule has 64 valence electrons. The fourth-order valence-electron chi connectivity index (χ4n) is 0.866. The first-order valence-electron chi connectivity index (χ1n) is 4.09. The Kier molecular flexibility index (Phi) is 4.67. The zero-order valence-corrected chi connectivity index (χ0v) is 8.26. The number of hydrogen-bond donors (Lipinski definition) is 0. The SMILES string of the molecule is C/C=C\C(=C/C(C)C)N(C)C. The second kappa shape index (κ2) is 5.00. The van der Waals surface area contributed by atoms with Gasteiger partial charge in [-0.2, -0.15) is 0 Å². The molecule has 0 rings (SSSR count). The molecule has 1 heteroatoms. The van der Waals surface area contributed by atoms with Gasteiger partial charge in [-0.05, 0) is 18.9 Å². The molecule has 0 aliphatic heterocycles. The minimum absolute atomic E-state index is 0.614. The van der Waals surface area contributed by atoms with E-state index in [1.165, 1.54) is 5.70 Å². The third-order valence-corrected chi connectivity index (χ3v) is 1.36. The molecule has 0 saturated carbocycles. The predicted octanol–water partition coefficient (Wildman–Crippen LogP) is 2.66. The first-order valence-corrected chi connectivity index (χ1v) is 4.09. The fraction of sp³-hybridized carbons (Fsp3) is 0.600. The second-order valence-electron chi connectivity index (χ2n) is 3.23. The number of rotatable bonds is 3. The van der Waals surface area contributed by atoms with Crippen molar-refractivity contribution in [3.8, 4) is 0 Å². The molecule has 0 saturated heterocycles. The summed E-state index contributed by atoms with van der Waals surface area (Å²) in [5, 5.41) is 0. The van der Waals surface area contributed by atoms with Crippen LogP contribution in [-0.2, 0) is 0 Å². The molecule has 0 aromatic rings. The van der Waals surface area contributed by atoms with Gasteiger partial charge >= 0.3 is 0 Å². The molecular formula is C10H19N.